The zero-order valence-electron chi connectivity index (χ0n) is 15.5. The fraction of sp³-hybridized carbons (Fsp3) is 0.158. The van der Waals surface area contributed by atoms with Crippen molar-refractivity contribution in [3.63, 3.8) is 0 Å². The zero-order chi connectivity index (χ0) is 21.1. The average molecular weight is 425 g/mol. The van der Waals surface area contributed by atoms with Crippen molar-refractivity contribution in [2.24, 2.45) is 0 Å². The van der Waals surface area contributed by atoms with Crippen molar-refractivity contribution in [2.45, 2.75) is 6.54 Å². The molecule has 1 aromatic heterocycles. The van der Waals surface area contributed by atoms with Gasteiger partial charge in [0.15, 0.2) is 6.61 Å². The summed E-state index contributed by atoms with van der Waals surface area (Å²) in [5, 5.41) is 5.08. The van der Waals surface area contributed by atoms with Crippen LogP contribution in [0.25, 0.3) is 11.0 Å². The van der Waals surface area contributed by atoms with Crippen molar-refractivity contribution in [3.05, 3.63) is 53.6 Å². The first-order valence-corrected chi connectivity index (χ1v) is 9.59. The van der Waals surface area contributed by atoms with Gasteiger partial charge in [-0.05, 0) is 29.8 Å². The third-order valence-electron chi connectivity index (χ3n) is 4.33. The van der Waals surface area contributed by atoms with Crippen LogP contribution in [-0.2, 0) is 20.9 Å². The highest BCUT2D eigenvalue weighted by Gasteiger charge is 2.28. The lowest BCUT2D eigenvalue weighted by Gasteiger charge is -2.13. The lowest BCUT2D eigenvalue weighted by atomic mass is 10.1. The van der Waals surface area contributed by atoms with Gasteiger partial charge in [-0.15, -0.1) is 0 Å². The molecule has 3 aromatic rings. The number of carbonyl (C=O) groups excluding carboxylic acids is 4. The van der Waals surface area contributed by atoms with Crippen molar-refractivity contribution in [1.82, 2.24) is 19.0 Å². The number of esters is 1. The molecule has 1 saturated heterocycles. The van der Waals surface area contributed by atoms with Crippen molar-refractivity contribution in [1.29, 1.82) is 0 Å². The summed E-state index contributed by atoms with van der Waals surface area (Å²) in [6, 6.07) is 11.1. The second-order valence-corrected chi connectivity index (χ2v) is 6.93. The Morgan fingerprint density at radius 2 is 2.00 bits per heavy atom. The zero-order valence-corrected chi connectivity index (χ0v) is 16.3. The molecule has 1 fully saturated rings. The number of benzene rings is 2. The van der Waals surface area contributed by atoms with Gasteiger partial charge in [0.2, 0.25) is 5.91 Å². The number of nitrogens with one attached hydrogen (secondary N) is 2. The van der Waals surface area contributed by atoms with Gasteiger partial charge in [0.1, 0.15) is 11.0 Å². The lowest BCUT2D eigenvalue weighted by molar-refractivity contribution is -0.125. The van der Waals surface area contributed by atoms with Crippen LogP contribution in [0.15, 0.2) is 42.5 Å². The molecule has 4 amide bonds. The summed E-state index contributed by atoms with van der Waals surface area (Å²) in [5.74, 6) is -1.55. The van der Waals surface area contributed by atoms with Crippen LogP contribution < -0.4 is 10.6 Å². The molecule has 10 nitrogen and oxygen atoms in total. The normalized spacial score (nSPS) is 13.4. The second kappa shape index (κ2) is 8.25. The molecule has 0 atom stereocenters. The van der Waals surface area contributed by atoms with Crippen LogP contribution in [0.3, 0.4) is 0 Å². The standard InChI is InChI=1S/C19H15N5O5S/c25-15(21-13-5-2-6-14-17(13)23-30-22-14)10-29-18(27)12-4-1-3-11(7-12)9-24-16(26)8-20-19(24)28/h1-7H,8-10H2,(H,20,28)(H,21,25). The lowest BCUT2D eigenvalue weighted by Crippen LogP contribution is -2.30. The molecular formula is C19H15N5O5S. The highest BCUT2D eigenvalue weighted by atomic mass is 32.1. The maximum Gasteiger partial charge on any atom is 0.338 e. The van der Waals surface area contributed by atoms with Gasteiger partial charge in [-0.3, -0.25) is 14.5 Å². The summed E-state index contributed by atoms with van der Waals surface area (Å²) in [6.07, 6.45) is 0. The minimum atomic E-state index is -0.697. The first-order valence-electron chi connectivity index (χ1n) is 8.86. The van der Waals surface area contributed by atoms with Crippen molar-refractivity contribution >= 4 is 52.3 Å². The Morgan fingerprint density at radius 1 is 1.17 bits per heavy atom. The minimum Gasteiger partial charge on any atom is -0.452 e. The van der Waals surface area contributed by atoms with Gasteiger partial charge in [-0.25, -0.2) is 9.59 Å². The van der Waals surface area contributed by atoms with Gasteiger partial charge in [-0.1, -0.05) is 18.2 Å². The molecule has 0 unspecified atom stereocenters. The number of fused-ring (bicyclic) bond motifs is 1. The molecule has 0 aliphatic carbocycles. The number of hydrogen-bond acceptors (Lipinski definition) is 8. The Hall–Kier alpha value is -3.86. The molecule has 11 heteroatoms. The summed E-state index contributed by atoms with van der Waals surface area (Å²) >= 11 is 1.04. The van der Waals surface area contributed by atoms with Crippen LogP contribution in [0.2, 0.25) is 0 Å². The first kappa shape index (κ1) is 19.5. The number of rotatable bonds is 6. The number of imide groups is 1. The molecule has 4 rings (SSSR count). The molecule has 2 aromatic carbocycles. The van der Waals surface area contributed by atoms with E-state index in [2.05, 4.69) is 19.4 Å². The summed E-state index contributed by atoms with van der Waals surface area (Å²) in [7, 11) is 0. The second-order valence-electron chi connectivity index (χ2n) is 6.40. The molecule has 1 aliphatic heterocycles. The molecule has 30 heavy (non-hydrogen) atoms. The van der Waals surface area contributed by atoms with Crippen LogP contribution in [0.1, 0.15) is 15.9 Å². The third kappa shape index (κ3) is 4.10. The number of anilines is 1. The van der Waals surface area contributed by atoms with Crippen LogP contribution in [0.5, 0.6) is 0 Å². The summed E-state index contributed by atoms with van der Waals surface area (Å²) in [4.78, 5) is 48.9. The molecule has 2 N–H and O–H groups in total. The van der Waals surface area contributed by atoms with E-state index in [4.69, 9.17) is 4.74 Å². The number of urea groups is 1. The number of ether oxygens (including phenoxy) is 1. The molecule has 152 valence electrons. The van der Waals surface area contributed by atoms with Crippen LogP contribution in [-0.4, -0.2) is 50.6 Å². The largest absolute Gasteiger partial charge is 0.452 e. The van der Waals surface area contributed by atoms with Crippen LogP contribution >= 0.6 is 11.7 Å². The van der Waals surface area contributed by atoms with E-state index in [-0.39, 0.29) is 24.6 Å². The maximum atomic E-state index is 12.3. The molecule has 1 aliphatic rings. The molecule has 2 heterocycles. The molecule has 0 bridgehead atoms. The number of hydrogen-bond donors (Lipinski definition) is 2. The predicted molar refractivity (Wildman–Crippen MR) is 107 cm³/mol. The molecular weight excluding hydrogens is 410 g/mol. The Kier molecular flexibility index (Phi) is 5.35. The Morgan fingerprint density at radius 3 is 2.80 bits per heavy atom. The number of nitrogens with zero attached hydrogens (tertiary/aromatic N) is 3. The maximum absolute atomic E-state index is 12.3. The fourth-order valence-electron chi connectivity index (χ4n) is 2.90. The van der Waals surface area contributed by atoms with Gasteiger partial charge >= 0.3 is 12.0 Å². The van der Waals surface area contributed by atoms with E-state index in [0.29, 0.717) is 22.3 Å². The number of carbonyl (C=O) groups is 4. The Bertz CT molecular complexity index is 1140. The van der Waals surface area contributed by atoms with E-state index in [1.54, 1.807) is 30.3 Å². The number of aromatic nitrogens is 2. The molecule has 0 saturated carbocycles. The summed E-state index contributed by atoms with van der Waals surface area (Å²) in [6.45, 7) is -0.484. The summed E-state index contributed by atoms with van der Waals surface area (Å²) in [5.41, 5.74) is 2.50. The third-order valence-corrected chi connectivity index (χ3v) is 4.88. The van der Waals surface area contributed by atoms with E-state index >= 15 is 0 Å². The molecule has 0 radical (unpaired) electrons. The minimum absolute atomic E-state index is 0.0396. The SMILES string of the molecule is O=C(COC(=O)c1cccc(CN2C(=O)CNC2=O)c1)Nc1cccc2nsnc12. The smallest absolute Gasteiger partial charge is 0.338 e. The topological polar surface area (TPSA) is 131 Å². The first-order chi connectivity index (χ1) is 14.5. The van der Waals surface area contributed by atoms with Gasteiger partial charge in [0.05, 0.1) is 36.1 Å². The van der Waals surface area contributed by atoms with Crippen molar-refractivity contribution < 1.29 is 23.9 Å². The van der Waals surface area contributed by atoms with Crippen molar-refractivity contribution in [3.8, 4) is 0 Å². The van der Waals surface area contributed by atoms with E-state index in [1.165, 1.54) is 12.1 Å². The monoisotopic (exact) mass is 425 g/mol. The van der Waals surface area contributed by atoms with Crippen LogP contribution in [0, 0.1) is 0 Å². The fourth-order valence-corrected chi connectivity index (χ4v) is 3.45. The molecule has 0 spiro atoms. The Balaban J connectivity index is 1.36. The van der Waals surface area contributed by atoms with Crippen LogP contribution in [0.4, 0.5) is 10.5 Å². The number of amides is 4. The van der Waals surface area contributed by atoms with E-state index in [0.717, 1.165) is 16.6 Å². The van der Waals surface area contributed by atoms with E-state index in [9.17, 15) is 19.2 Å². The predicted octanol–water partition coefficient (Wildman–Crippen LogP) is 1.54. The van der Waals surface area contributed by atoms with E-state index in [1.807, 2.05) is 0 Å². The highest BCUT2D eigenvalue weighted by molar-refractivity contribution is 7.00. The quantitative estimate of drug-likeness (QED) is 0.452. The average Bonchev–Trinajstić information content (AvgIpc) is 3.35. The Labute approximate surface area is 174 Å². The van der Waals surface area contributed by atoms with Crippen molar-refractivity contribution in [2.75, 3.05) is 18.5 Å². The van der Waals surface area contributed by atoms with Gasteiger partial charge in [0, 0.05) is 0 Å². The van der Waals surface area contributed by atoms with E-state index < -0.39 is 24.5 Å². The summed E-state index contributed by atoms with van der Waals surface area (Å²) < 4.78 is 13.3. The highest BCUT2D eigenvalue weighted by Crippen LogP contribution is 2.21. The van der Waals surface area contributed by atoms with Gasteiger partial charge < -0.3 is 15.4 Å². The van der Waals surface area contributed by atoms with Gasteiger partial charge in [-0.2, -0.15) is 8.75 Å². The van der Waals surface area contributed by atoms with Gasteiger partial charge in [0.25, 0.3) is 5.91 Å².